The van der Waals surface area contributed by atoms with E-state index in [1.54, 1.807) is 0 Å². The van der Waals surface area contributed by atoms with Gasteiger partial charge in [0.15, 0.2) is 5.96 Å². The zero-order chi connectivity index (χ0) is 15.5. The van der Waals surface area contributed by atoms with Crippen LogP contribution in [0, 0.1) is 0 Å². The summed E-state index contributed by atoms with van der Waals surface area (Å²) in [6.07, 6.45) is 4.52. The van der Waals surface area contributed by atoms with Crippen molar-refractivity contribution in [3.8, 4) is 0 Å². The molecule has 6 nitrogen and oxygen atoms in total. The Kier molecular flexibility index (Phi) is 6.66. The van der Waals surface area contributed by atoms with Crippen LogP contribution in [-0.2, 0) is 6.54 Å². The monoisotopic (exact) mass is 493 g/mol. The van der Waals surface area contributed by atoms with Crippen molar-refractivity contribution in [2.24, 2.45) is 4.99 Å². The molecule has 0 radical (unpaired) electrons. The molecule has 0 spiro atoms. The van der Waals surface area contributed by atoms with E-state index < -0.39 is 0 Å². The van der Waals surface area contributed by atoms with Crippen molar-refractivity contribution in [3.05, 3.63) is 34.7 Å². The van der Waals surface area contributed by atoms with Crippen LogP contribution < -0.4 is 5.32 Å². The van der Waals surface area contributed by atoms with Crippen LogP contribution in [0.25, 0.3) is 5.65 Å². The normalized spacial score (nSPS) is 18.3. The van der Waals surface area contributed by atoms with Gasteiger partial charge < -0.3 is 19.7 Å². The number of fused-ring (bicyclic) bond motifs is 1. The molecule has 0 bridgehead atoms. The zero-order valence-electron chi connectivity index (χ0n) is 12.9. The molecule has 1 fully saturated rings. The number of nitrogens with one attached hydrogen (secondary N) is 1. The quantitative estimate of drug-likeness (QED) is 0.391. The van der Waals surface area contributed by atoms with E-state index in [2.05, 4.69) is 36.1 Å². The molecule has 3 heterocycles. The molecule has 3 rings (SSSR count). The van der Waals surface area contributed by atoms with Gasteiger partial charge in [-0.15, -0.1) is 24.0 Å². The van der Waals surface area contributed by atoms with Gasteiger partial charge in [0, 0.05) is 36.5 Å². The highest BCUT2D eigenvalue weighted by Gasteiger charge is 2.22. The lowest BCUT2D eigenvalue weighted by Crippen LogP contribution is -2.40. The van der Waals surface area contributed by atoms with Crippen LogP contribution in [0.1, 0.15) is 19.0 Å². The minimum Gasteiger partial charge on any atom is -0.391 e. The van der Waals surface area contributed by atoms with Crippen LogP contribution in [-0.4, -0.2) is 51.1 Å². The van der Waals surface area contributed by atoms with Gasteiger partial charge in [0.05, 0.1) is 18.3 Å². The number of likely N-dealkylation sites (tertiary alicyclic amines) is 1. The molecule has 8 heteroatoms. The number of hydrogen-bond acceptors (Lipinski definition) is 3. The highest BCUT2D eigenvalue weighted by Crippen LogP contribution is 2.13. The standard InChI is InChI=1S/C15H20BrN5O.HI/c1-2-17-15(20-6-5-13(22)10-20)18-7-12-9-21-8-11(16)3-4-14(21)19-12;/h3-4,8-9,13,22H,2,5-7,10H2,1H3,(H,17,18);1H/t13-;/m1./s1. The Morgan fingerprint density at radius 2 is 2.30 bits per heavy atom. The number of guanidine groups is 1. The number of aliphatic hydroxyl groups excluding tert-OH is 1. The predicted molar refractivity (Wildman–Crippen MR) is 105 cm³/mol. The number of pyridine rings is 1. The molecule has 0 saturated carbocycles. The Morgan fingerprint density at radius 1 is 1.48 bits per heavy atom. The largest absolute Gasteiger partial charge is 0.391 e. The predicted octanol–water partition coefficient (Wildman–Crippen LogP) is 2.25. The van der Waals surface area contributed by atoms with Gasteiger partial charge in [0.2, 0.25) is 0 Å². The molecule has 23 heavy (non-hydrogen) atoms. The minimum atomic E-state index is -0.253. The average molecular weight is 494 g/mol. The van der Waals surface area contributed by atoms with Crippen LogP contribution in [0.15, 0.2) is 34.0 Å². The highest BCUT2D eigenvalue weighted by atomic mass is 127. The summed E-state index contributed by atoms with van der Waals surface area (Å²) < 4.78 is 3.01. The van der Waals surface area contributed by atoms with Crippen LogP contribution in [0.3, 0.4) is 0 Å². The summed E-state index contributed by atoms with van der Waals surface area (Å²) in [6.45, 7) is 4.86. The number of nitrogens with zero attached hydrogens (tertiary/aromatic N) is 4. The summed E-state index contributed by atoms with van der Waals surface area (Å²) in [6, 6.07) is 3.95. The molecule has 2 aromatic rings. The van der Waals surface area contributed by atoms with E-state index in [1.165, 1.54) is 0 Å². The third kappa shape index (κ3) is 4.57. The van der Waals surface area contributed by atoms with Crippen molar-refractivity contribution in [3.63, 3.8) is 0 Å². The first kappa shape index (κ1) is 18.5. The first-order chi connectivity index (χ1) is 10.7. The van der Waals surface area contributed by atoms with E-state index in [-0.39, 0.29) is 30.1 Å². The molecule has 0 aromatic carbocycles. The lowest BCUT2D eigenvalue weighted by atomic mass is 10.3. The van der Waals surface area contributed by atoms with E-state index in [0.29, 0.717) is 13.1 Å². The molecular formula is C15H21BrIN5O. The van der Waals surface area contributed by atoms with Gasteiger partial charge in [-0.25, -0.2) is 9.98 Å². The van der Waals surface area contributed by atoms with Crippen molar-refractivity contribution < 1.29 is 5.11 Å². The van der Waals surface area contributed by atoms with Crippen LogP contribution in [0.5, 0.6) is 0 Å². The SMILES string of the molecule is CCNC(=NCc1cn2cc(Br)ccc2n1)N1CC[C@@H](O)C1.I. The molecule has 0 amide bonds. The maximum atomic E-state index is 9.68. The third-order valence-corrected chi connectivity index (χ3v) is 4.12. The molecule has 1 aliphatic rings. The summed E-state index contributed by atoms with van der Waals surface area (Å²) in [4.78, 5) is 11.3. The van der Waals surface area contributed by atoms with E-state index in [9.17, 15) is 5.11 Å². The van der Waals surface area contributed by atoms with E-state index in [4.69, 9.17) is 0 Å². The van der Waals surface area contributed by atoms with E-state index >= 15 is 0 Å². The molecule has 1 aliphatic heterocycles. The van der Waals surface area contributed by atoms with Gasteiger partial charge in [-0.3, -0.25) is 0 Å². The van der Waals surface area contributed by atoms with Crippen molar-refractivity contribution >= 4 is 51.5 Å². The number of imidazole rings is 1. The van der Waals surface area contributed by atoms with Gasteiger partial charge in [-0.2, -0.15) is 0 Å². The molecule has 0 unspecified atom stereocenters. The molecule has 0 aliphatic carbocycles. The molecule has 1 saturated heterocycles. The topological polar surface area (TPSA) is 65.2 Å². The number of aromatic nitrogens is 2. The number of hydrogen-bond donors (Lipinski definition) is 2. The molecular weight excluding hydrogens is 473 g/mol. The number of β-amino-alcohol motifs (C(OH)–C–C–N with tert-alkyl or cyclic N) is 1. The first-order valence-electron chi connectivity index (χ1n) is 7.50. The fourth-order valence-electron chi connectivity index (χ4n) is 2.61. The summed E-state index contributed by atoms with van der Waals surface area (Å²) in [5, 5.41) is 13.0. The smallest absolute Gasteiger partial charge is 0.194 e. The summed E-state index contributed by atoms with van der Waals surface area (Å²) in [7, 11) is 0. The van der Waals surface area contributed by atoms with Crippen LogP contribution in [0.2, 0.25) is 0 Å². The van der Waals surface area contributed by atoms with Crippen molar-refractivity contribution in [1.82, 2.24) is 19.6 Å². The number of aliphatic hydroxyl groups is 1. The molecule has 2 aromatic heterocycles. The number of rotatable bonds is 3. The zero-order valence-corrected chi connectivity index (χ0v) is 16.9. The van der Waals surface area contributed by atoms with Gasteiger partial charge in [-0.1, -0.05) is 0 Å². The van der Waals surface area contributed by atoms with Crippen molar-refractivity contribution in [2.75, 3.05) is 19.6 Å². The number of halogens is 2. The Labute approximate surface area is 161 Å². The molecule has 2 N–H and O–H groups in total. The Balaban J connectivity index is 0.00000192. The molecule has 1 atom stereocenters. The second kappa shape index (κ2) is 8.29. The summed E-state index contributed by atoms with van der Waals surface area (Å²) in [5.41, 5.74) is 1.84. The van der Waals surface area contributed by atoms with Gasteiger partial charge >= 0.3 is 0 Å². The van der Waals surface area contributed by atoms with Gasteiger partial charge in [-0.05, 0) is 41.4 Å². The Bertz CT molecular complexity index is 690. The average Bonchev–Trinajstić information content (AvgIpc) is 3.09. The summed E-state index contributed by atoms with van der Waals surface area (Å²) in [5.74, 6) is 0.845. The van der Waals surface area contributed by atoms with Gasteiger partial charge in [0.1, 0.15) is 5.65 Å². The minimum absolute atomic E-state index is 0. The van der Waals surface area contributed by atoms with Crippen LogP contribution >= 0.6 is 39.9 Å². The fraction of sp³-hybridized carbons (Fsp3) is 0.467. The maximum Gasteiger partial charge on any atom is 0.194 e. The fourth-order valence-corrected chi connectivity index (χ4v) is 2.96. The lowest BCUT2D eigenvalue weighted by molar-refractivity contribution is 0.188. The van der Waals surface area contributed by atoms with Crippen molar-refractivity contribution in [2.45, 2.75) is 26.0 Å². The van der Waals surface area contributed by atoms with E-state index in [0.717, 1.165) is 41.3 Å². The highest BCUT2D eigenvalue weighted by molar-refractivity contribution is 14.0. The summed E-state index contributed by atoms with van der Waals surface area (Å²) >= 11 is 3.46. The second-order valence-corrected chi connectivity index (χ2v) is 6.32. The third-order valence-electron chi connectivity index (χ3n) is 3.65. The van der Waals surface area contributed by atoms with Crippen LogP contribution in [0.4, 0.5) is 0 Å². The lowest BCUT2D eigenvalue weighted by Gasteiger charge is -2.20. The number of aliphatic imine (C=N–C) groups is 1. The first-order valence-corrected chi connectivity index (χ1v) is 8.29. The van der Waals surface area contributed by atoms with Gasteiger partial charge in [0.25, 0.3) is 0 Å². The Morgan fingerprint density at radius 3 is 3.00 bits per heavy atom. The second-order valence-electron chi connectivity index (χ2n) is 5.40. The maximum absolute atomic E-state index is 9.68. The Hall–Kier alpha value is -0.870. The van der Waals surface area contributed by atoms with E-state index in [1.807, 2.05) is 35.9 Å². The molecule has 126 valence electrons. The van der Waals surface area contributed by atoms with Crippen molar-refractivity contribution in [1.29, 1.82) is 0 Å².